The number of carbonyl (C=O) groups is 2. The summed E-state index contributed by atoms with van der Waals surface area (Å²) in [6.07, 6.45) is 2.92. The van der Waals surface area contributed by atoms with Crippen molar-refractivity contribution in [2.24, 2.45) is 0 Å². The second-order valence-corrected chi connectivity index (χ2v) is 2.50. The highest BCUT2D eigenvalue weighted by molar-refractivity contribution is 5.84. The zero-order valence-corrected chi connectivity index (χ0v) is 8.04. The van der Waals surface area contributed by atoms with Crippen molar-refractivity contribution in [1.29, 1.82) is 0 Å². The number of alkyl halides is 1. The van der Waals surface area contributed by atoms with Crippen LogP contribution in [0.1, 0.15) is 13.8 Å². The van der Waals surface area contributed by atoms with Gasteiger partial charge in [-0.2, -0.15) is 0 Å². The molecule has 5 heteroatoms. The van der Waals surface area contributed by atoms with Crippen LogP contribution in [0.2, 0.25) is 0 Å². The lowest BCUT2D eigenvalue weighted by molar-refractivity contribution is -0.148. The average Bonchev–Trinajstić information content (AvgIpc) is 2.13. The molecule has 0 radical (unpaired) electrons. The van der Waals surface area contributed by atoms with Gasteiger partial charge in [0, 0.05) is 6.92 Å². The minimum atomic E-state index is -1.88. The zero-order valence-electron chi connectivity index (χ0n) is 8.04. The number of halogens is 1. The summed E-state index contributed by atoms with van der Waals surface area (Å²) < 4.78 is 17.5. The second kappa shape index (κ2) is 5.97. The lowest BCUT2D eigenvalue weighted by Gasteiger charge is -2.16. The number of esters is 1. The molecule has 0 aromatic rings. The SMILES string of the molecule is C#C[C@H](F)[C@H](NC(C)=O)C(=O)OCC. The third-order valence-electron chi connectivity index (χ3n) is 1.35. The molecule has 78 valence electrons. The highest BCUT2D eigenvalue weighted by Crippen LogP contribution is 2.00. The molecule has 0 unspecified atom stereocenters. The lowest BCUT2D eigenvalue weighted by Crippen LogP contribution is -2.46. The largest absolute Gasteiger partial charge is 0.464 e. The van der Waals surface area contributed by atoms with Gasteiger partial charge < -0.3 is 10.1 Å². The van der Waals surface area contributed by atoms with Crippen molar-refractivity contribution in [2.45, 2.75) is 26.1 Å². The molecule has 0 saturated heterocycles. The number of hydrogen-bond donors (Lipinski definition) is 1. The van der Waals surface area contributed by atoms with E-state index in [2.05, 4.69) is 10.1 Å². The summed E-state index contributed by atoms with van der Waals surface area (Å²) in [6, 6.07) is -1.42. The van der Waals surface area contributed by atoms with Crippen molar-refractivity contribution in [3.8, 4) is 12.3 Å². The Bertz CT molecular complexity index is 259. The molecule has 0 aliphatic rings. The van der Waals surface area contributed by atoms with Gasteiger partial charge in [-0.25, -0.2) is 9.18 Å². The van der Waals surface area contributed by atoms with Gasteiger partial charge in [0.15, 0.2) is 12.2 Å². The molecule has 0 spiro atoms. The maximum Gasteiger partial charge on any atom is 0.332 e. The van der Waals surface area contributed by atoms with Gasteiger partial charge in [0.2, 0.25) is 5.91 Å². The standard InChI is InChI=1S/C9H12FNO3/c1-4-7(10)8(11-6(3)12)9(13)14-5-2/h1,7-8H,5H2,2-3H3,(H,11,12)/t7-,8-/m0/s1. The van der Waals surface area contributed by atoms with Crippen LogP contribution in [0, 0.1) is 12.3 Å². The number of carbonyl (C=O) groups excluding carboxylic acids is 2. The quantitative estimate of drug-likeness (QED) is 0.515. The molecule has 0 aromatic heterocycles. The predicted octanol–water partition coefficient (Wildman–Crippen LogP) is 0.0255. The second-order valence-electron chi connectivity index (χ2n) is 2.50. The molecule has 0 aromatic carbocycles. The van der Waals surface area contributed by atoms with E-state index in [-0.39, 0.29) is 6.61 Å². The molecule has 0 aliphatic carbocycles. The van der Waals surface area contributed by atoms with Crippen LogP contribution < -0.4 is 5.32 Å². The van der Waals surface area contributed by atoms with Crippen molar-refractivity contribution in [2.75, 3.05) is 6.61 Å². The third-order valence-corrected chi connectivity index (χ3v) is 1.35. The van der Waals surface area contributed by atoms with Gasteiger partial charge in [0.05, 0.1) is 6.61 Å². The molecule has 0 rings (SSSR count). The van der Waals surface area contributed by atoms with Gasteiger partial charge >= 0.3 is 5.97 Å². The molecule has 1 amide bonds. The van der Waals surface area contributed by atoms with E-state index in [4.69, 9.17) is 6.42 Å². The van der Waals surface area contributed by atoms with E-state index in [0.29, 0.717) is 0 Å². The number of ether oxygens (including phenoxy) is 1. The Morgan fingerprint density at radius 3 is 2.57 bits per heavy atom. The topological polar surface area (TPSA) is 55.4 Å². The molecule has 1 N–H and O–H groups in total. The minimum Gasteiger partial charge on any atom is -0.464 e. The number of terminal acetylenes is 1. The maximum atomic E-state index is 13.0. The molecule has 0 aliphatic heterocycles. The van der Waals surface area contributed by atoms with Gasteiger partial charge in [-0.3, -0.25) is 4.79 Å². The van der Waals surface area contributed by atoms with Crippen molar-refractivity contribution in [1.82, 2.24) is 5.32 Å². The third kappa shape index (κ3) is 3.90. The van der Waals surface area contributed by atoms with Crippen molar-refractivity contribution in [3.05, 3.63) is 0 Å². The summed E-state index contributed by atoms with van der Waals surface area (Å²) in [4.78, 5) is 21.7. The first kappa shape index (κ1) is 12.4. The fraction of sp³-hybridized carbons (Fsp3) is 0.556. The average molecular weight is 201 g/mol. The molecular weight excluding hydrogens is 189 g/mol. The Hall–Kier alpha value is -1.57. The molecule has 4 nitrogen and oxygen atoms in total. The van der Waals surface area contributed by atoms with Crippen LogP contribution in [-0.4, -0.2) is 30.7 Å². The van der Waals surface area contributed by atoms with Gasteiger partial charge in [0.25, 0.3) is 0 Å². The summed E-state index contributed by atoms with van der Waals surface area (Å²) >= 11 is 0. The van der Waals surface area contributed by atoms with E-state index in [9.17, 15) is 14.0 Å². The van der Waals surface area contributed by atoms with E-state index in [1.54, 1.807) is 12.8 Å². The summed E-state index contributed by atoms with van der Waals surface area (Å²) in [7, 11) is 0. The molecule has 2 atom stereocenters. The van der Waals surface area contributed by atoms with Gasteiger partial charge in [0.1, 0.15) is 0 Å². The van der Waals surface area contributed by atoms with Crippen LogP contribution in [0.4, 0.5) is 4.39 Å². The Kier molecular flexibility index (Phi) is 5.30. The Morgan fingerprint density at radius 1 is 1.64 bits per heavy atom. The summed E-state index contributed by atoms with van der Waals surface area (Å²) in [5.74, 6) is 0.319. The van der Waals surface area contributed by atoms with E-state index in [1.165, 1.54) is 0 Å². The molecule has 0 saturated carbocycles. The van der Waals surface area contributed by atoms with Crippen molar-refractivity contribution >= 4 is 11.9 Å². The van der Waals surface area contributed by atoms with E-state index >= 15 is 0 Å². The Labute approximate surface area is 81.8 Å². The zero-order chi connectivity index (χ0) is 11.1. The Balaban J connectivity index is 4.47. The van der Waals surface area contributed by atoms with Crippen LogP contribution in [0.15, 0.2) is 0 Å². The summed E-state index contributed by atoms with van der Waals surface area (Å²) in [5, 5.41) is 2.08. The van der Waals surface area contributed by atoms with Crippen molar-refractivity contribution < 1.29 is 18.7 Å². The number of rotatable bonds is 4. The van der Waals surface area contributed by atoms with Gasteiger partial charge in [-0.05, 0) is 6.92 Å². The first-order chi connectivity index (χ1) is 6.52. The van der Waals surface area contributed by atoms with Crippen LogP contribution in [0.3, 0.4) is 0 Å². The maximum absolute atomic E-state index is 13.0. The first-order valence-electron chi connectivity index (χ1n) is 4.06. The molecule has 14 heavy (non-hydrogen) atoms. The highest BCUT2D eigenvalue weighted by Gasteiger charge is 2.28. The molecule has 0 heterocycles. The Morgan fingerprint density at radius 2 is 2.21 bits per heavy atom. The summed E-state index contributed by atoms with van der Waals surface area (Å²) in [5.41, 5.74) is 0. The lowest BCUT2D eigenvalue weighted by atomic mass is 10.2. The van der Waals surface area contributed by atoms with E-state index < -0.39 is 24.1 Å². The minimum absolute atomic E-state index is 0.103. The fourth-order valence-electron chi connectivity index (χ4n) is 0.799. The number of hydrogen-bond acceptors (Lipinski definition) is 3. The number of amides is 1. The monoisotopic (exact) mass is 201 g/mol. The normalized spacial score (nSPS) is 13.6. The van der Waals surface area contributed by atoms with E-state index in [1.807, 2.05) is 0 Å². The highest BCUT2D eigenvalue weighted by atomic mass is 19.1. The van der Waals surface area contributed by atoms with Crippen LogP contribution >= 0.6 is 0 Å². The van der Waals surface area contributed by atoms with Crippen molar-refractivity contribution in [3.63, 3.8) is 0 Å². The van der Waals surface area contributed by atoms with E-state index in [0.717, 1.165) is 6.92 Å². The summed E-state index contributed by atoms with van der Waals surface area (Å²) in [6.45, 7) is 2.84. The van der Waals surface area contributed by atoms with Crippen LogP contribution in [0.25, 0.3) is 0 Å². The molecular formula is C9H12FNO3. The number of nitrogens with one attached hydrogen (secondary N) is 1. The smallest absolute Gasteiger partial charge is 0.332 e. The predicted molar refractivity (Wildman–Crippen MR) is 48.0 cm³/mol. The molecule has 0 bridgehead atoms. The van der Waals surface area contributed by atoms with Gasteiger partial charge in [-0.1, -0.05) is 5.92 Å². The fourth-order valence-corrected chi connectivity index (χ4v) is 0.799. The first-order valence-corrected chi connectivity index (χ1v) is 4.06. The van der Waals surface area contributed by atoms with Gasteiger partial charge in [-0.15, -0.1) is 6.42 Å². The van der Waals surface area contributed by atoms with Crippen LogP contribution in [-0.2, 0) is 14.3 Å². The van der Waals surface area contributed by atoms with Crippen LogP contribution in [0.5, 0.6) is 0 Å². The molecule has 0 fully saturated rings.